The van der Waals surface area contributed by atoms with Crippen molar-refractivity contribution in [3.63, 3.8) is 0 Å². The first-order valence-corrected chi connectivity index (χ1v) is 7.40. The fraction of sp³-hybridized carbons (Fsp3) is 0.857. The summed E-state index contributed by atoms with van der Waals surface area (Å²) in [7, 11) is 0. The molecule has 4 heteroatoms. The van der Waals surface area contributed by atoms with Crippen LogP contribution in [0.2, 0.25) is 0 Å². The monoisotopic (exact) mass is 250 g/mol. The summed E-state index contributed by atoms with van der Waals surface area (Å²) in [6.07, 6.45) is 10.1. The van der Waals surface area contributed by atoms with E-state index >= 15 is 0 Å². The zero-order valence-electron chi connectivity index (χ0n) is 10.9. The highest BCUT2D eigenvalue weighted by Gasteiger charge is 2.43. The summed E-state index contributed by atoms with van der Waals surface area (Å²) in [5, 5.41) is 0. The molecule has 1 heterocycles. The van der Waals surface area contributed by atoms with Gasteiger partial charge in [0.05, 0.1) is 0 Å². The maximum absolute atomic E-state index is 12.4. The molecule has 1 saturated heterocycles. The van der Waals surface area contributed by atoms with Crippen molar-refractivity contribution in [2.75, 3.05) is 6.54 Å². The van der Waals surface area contributed by atoms with E-state index in [2.05, 4.69) is 0 Å². The second-order valence-corrected chi connectivity index (χ2v) is 5.90. The second kappa shape index (κ2) is 4.90. The summed E-state index contributed by atoms with van der Waals surface area (Å²) in [5.41, 5.74) is 0. The molecule has 0 N–H and O–H groups in total. The third-order valence-electron chi connectivity index (χ3n) is 4.73. The van der Waals surface area contributed by atoms with Crippen LogP contribution in [0.3, 0.4) is 0 Å². The SMILES string of the molecule is O=C1CN(C2CCCC2)C(=O)N1C1CCCCC1. The summed E-state index contributed by atoms with van der Waals surface area (Å²) in [6, 6.07) is 0.513. The Morgan fingerprint density at radius 3 is 2.00 bits per heavy atom. The van der Waals surface area contributed by atoms with E-state index in [1.54, 1.807) is 4.90 Å². The normalized spacial score (nSPS) is 27.6. The molecule has 0 atom stereocenters. The molecule has 3 amide bonds. The van der Waals surface area contributed by atoms with Gasteiger partial charge >= 0.3 is 6.03 Å². The number of carbonyl (C=O) groups is 2. The third kappa shape index (κ3) is 2.02. The van der Waals surface area contributed by atoms with Crippen molar-refractivity contribution in [3.8, 4) is 0 Å². The summed E-state index contributed by atoms with van der Waals surface area (Å²) < 4.78 is 0. The van der Waals surface area contributed by atoms with Crippen LogP contribution in [-0.2, 0) is 4.79 Å². The lowest BCUT2D eigenvalue weighted by molar-refractivity contribution is -0.127. The Balaban J connectivity index is 1.71. The van der Waals surface area contributed by atoms with Gasteiger partial charge in [0, 0.05) is 12.1 Å². The first-order valence-electron chi connectivity index (χ1n) is 7.40. The number of carbonyl (C=O) groups excluding carboxylic acids is 2. The van der Waals surface area contributed by atoms with Gasteiger partial charge in [0.15, 0.2) is 0 Å². The highest BCUT2D eigenvalue weighted by atomic mass is 16.2. The van der Waals surface area contributed by atoms with Crippen LogP contribution in [0.4, 0.5) is 4.79 Å². The Morgan fingerprint density at radius 1 is 0.778 bits per heavy atom. The molecular formula is C14H22N2O2. The topological polar surface area (TPSA) is 40.6 Å². The minimum atomic E-state index is -0.00111. The Bertz CT molecular complexity index is 344. The number of hydrogen-bond donors (Lipinski definition) is 0. The minimum absolute atomic E-state index is 0.00111. The van der Waals surface area contributed by atoms with Gasteiger partial charge in [0.1, 0.15) is 6.54 Å². The number of imide groups is 1. The lowest BCUT2D eigenvalue weighted by atomic mass is 9.94. The van der Waals surface area contributed by atoms with Gasteiger partial charge in [-0.2, -0.15) is 0 Å². The molecule has 0 aromatic heterocycles. The van der Waals surface area contributed by atoms with E-state index in [1.807, 2.05) is 4.90 Å². The number of rotatable bonds is 2. The highest BCUT2D eigenvalue weighted by Crippen LogP contribution is 2.31. The molecule has 0 radical (unpaired) electrons. The molecule has 2 saturated carbocycles. The van der Waals surface area contributed by atoms with E-state index in [0.717, 1.165) is 38.5 Å². The fourth-order valence-corrected chi connectivity index (χ4v) is 3.73. The van der Waals surface area contributed by atoms with Gasteiger partial charge in [0.25, 0.3) is 5.91 Å². The van der Waals surface area contributed by atoms with Crippen molar-refractivity contribution in [1.29, 1.82) is 0 Å². The number of urea groups is 1. The molecule has 3 aliphatic rings. The lowest BCUT2D eigenvalue weighted by Gasteiger charge is -2.30. The predicted octanol–water partition coefficient (Wildman–Crippen LogP) is 2.53. The number of hydrogen-bond acceptors (Lipinski definition) is 2. The largest absolute Gasteiger partial charge is 0.327 e. The van der Waals surface area contributed by atoms with Crippen molar-refractivity contribution < 1.29 is 9.59 Å². The Labute approximate surface area is 108 Å². The van der Waals surface area contributed by atoms with Crippen LogP contribution >= 0.6 is 0 Å². The van der Waals surface area contributed by atoms with Crippen molar-refractivity contribution in [3.05, 3.63) is 0 Å². The Kier molecular flexibility index (Phi) is 3.27. The Hall–Kier alpha value is -1.06. The van der Waals surface area contributed by atoms with Crippen LogP contribution in [0, 0.1) is 0 Å². The molecule has 0 spiro atoms. The van der Waals surface area contributed by atoms with Gasteiger partial charge in [-0.05, 0) is 25.7 Å². The average molecular weight is 250 g/mol. The van der Waals surface area contributed by atoms with Crippen molar-refractivity contribution >= 4 is 11.9 Å². The zero-order chi connectivity index (χ0) is 12.5. The van der Waals surface area contributed by atoms with E-state index in [-0.39, 0.29) is 18.0 Å². The fourth-order valence-electron chi connectivity index (χ4n) is 3.73. The van der Waals surface area contributed by atoms with Gasteiger partial charge in [-0.25, -0.2) is 4.79 Å². The number of nitrogens with zero attached hydrogens (tertiary/aromatic N) is 2. The molecule has 0 aromatic carbocycles. The van der Waals surface area contributed by atoms with E-state index in [0.29, 0.717) is 12.6 Å². The van der Waals surface area contributed by atoms with Crippen LogP contribution in [0.1, 0.15) is 57.8 Å². The standard InChI is InChI=1S/C14H22N2O2/c17-13-10-15(11-6-4-5-7-11)14(18)16(13)12-8-2-1-3-9-12/h11-12H,1-10H2. The van der Waals surface area contributed by atoms with E-state index in [1.165, 1.54) is 19.3 Å². The first kappa shape index (κ1) is 12.0. The van der Waals surface area contributed by atoms with Gasteiger partial charge in [-0.3, -0.25) is 9.69 Å². The molecule has 100 valence electrons. The maximum Gasteiger partial charge on any atom is 0.327 e. The van der Waals surface area contributed by atoms with Crippen LogP contribution < -0.4 is 0 Å². The molecule has 3 fully saturated rings. The molecule has 4 nitrogen and oxygen atoms in total. The minimum Gasteiger partial charge on any atom is -0.312 e. The molecular weight excluding hydrogens is 228 g/mol. The zero-order valence-corrected chi connectivity index (χ0v) is 10.9. The first-order chi connectivity index (χ1) is 8.77. The molecule has 18 heavy (non-hydrogen) atoms. The molecule has 1 aliphatic heterocycles. The molecule has 3 rings (SSSR count). The second-order valence-electron chi connectivity index (χ2n) is 5.90. The van der Waals surface area contributed by atoms with Crippen molar-refractivity contribution in [1.82, 2.24) is 9.80 Å². The smallest absolute Gasteiger partial charge is 0.312 e. The average Bonchev–Trinajstić information content (AvgIpc) is 2.99. The maximum atomic E-state index is 12.4. The van der Waals surface area contributed by atoms with E-state index < -0.39 is 0 Å². The van der Waals surface area contributed by atoms with Gasteiger partial charge in [-0.1, -0.05) is 32.1 Å². The third-order valence-corrected chi connectivity index (χ3v) is 4.73. The van der Waals surface area contributed by atoms with E-state index in [4.69, 9.17) is 0 Å². The summed E-state index contributed by atoms with van der Waals surface area (Å²) in [5.74, 6) is 0.0406. The summed E-state index contributed by atoms with van der Waals surface area (Å²) >= 11 is 0. The predicted molar refractivity (Wildman–Crippen MR) is 68.1 cm³/mol. The number of amides is 3. The molecule has 0 unspecified atom stereocenters. The van der Waals surface area contributed by atoms with Crippen LogP contribution in [0.15, 0.2) is 0 Å². The lowest BCUT2D eigenvalue weighted by Crippen LogP contribution is -2.43. The highest BCUT2D eigenvalue weighted by molar-refractivity contribution is 6.02. The van der Waals surface area contributed by atoms with Gasteiger partial charge in [0.2, 0.25) is 0 Å². The van der Waals surface area contributed by atoms with Crippen molar-refractivity contribution in [2.24, 2.45) is 0 Å². The summed E-state index contributed by atoms with van der Waals surface area (Å²) in [6.45, 7) is 0.333. The van der Waals surface area contributed by atoms with Crippen LogP contribution in [0.5, 0.6) is 0 Å². The molecule has 0 bridgehead atoms. The Morgan fingerprint density at radius 2 is 1.33 bits per heavy atom. The quantitative estimate of drug-likeness (QED) is 0.707. The van der Waals surface area contributed by atoms with E-state index in [9.17, 15) is 9.59 Å². The molecule has 2 aliphatic carbocycles. The van der Waals surface area contributed by atoms with Gasteiger partial charge < -0.3 is 4.90 Å². The van der Waals surface area contributed by atoms with Crippen LogP contribution in [-0.4, -0.2) is 40.4 Å². The molecule has 0 aromatic rings. The summed E-state index contributed by atoms with van der Waals surface area (Å²) in [4.78, 5) is 28.0. The van der Waals surface area contributed by atoms with Crippen LogP contribution in [0.25, 0.3) is 0 Å². The van der Waals surface area contributed by atoms with Crippen molar-refractivity contribution in [2.45, 2.75) is 69.9 Å². The van der Waals surface area contributed by atoms with Gasteiger partial charge in [-0.15, -0.1) is 0 Å².